The van der Waals surface area contributed by atoms with Crippen LogP contribution in [0.1, 0.15) is 37.5 Å². The highest BCUT2D eigenvalue weighted by atomic mass is 79.9. The molecule has 1 aromatic carbocycles. The van der Waals surface area contributed by atoms with Crippen molar-refractivity contribution in [2.45, 2.75) is 38.3 Å². The molecule has 1 aliphatic carbocycles. The third-order valence-corrected chi connectivity index (χ3v) is 4.93. The molecule has 1 amide bonds. The lowest BCUT2D eigenvalue weighted by Gasteiger charge is -2.18. The normalized spacial score (nSPS) is 18.2. The molecule has 0 spiro atoms. The van der Waals surface area contributed by atoms with Crippen molar-refractivity contribution in [3.8, 4) is 0 Å². The second-order valence-corrected chi connectivity index (χ2v) is 6.67. The van der Waals surface area contributed by atoms with Crippen LogP contribution < -0.4 is 10.6 Å². The van der Waals surface area contributed by atoms with Crippen molar-refractivity contribution in [2.24, 2.45) is 0 Å². The summed E-state index contributed by atoms with van der Waals surface area (Å²) in [5.74, 6) is 0.532. The SMILES string of the molecule is O=C1N(c2ccc(Br)cc2)Cc2nc(=O)n(C3CCCC3)n21. The first-order valence-electron chi connectivity index (χ1n) is 7.43. The molecule has 4 rings (SSSR count). The largest absolute Gasteiger partial charge is 0.364 e. The molecule has 1 aromatic heterocycles. The molecule has 7 heteroatoms. The number of carbonyl (C=O) groups is 1. The number of nitrogens with zero attached hydrogens (tertiary/aromatic N) is 4. The Hall–Kier alpha value is -1.89. The van der Waals surface area contributed by atoms with E-state index in [-0.39, 0.29) is 17.8 Å². The van der Waals surface area contributed by atoms with Gasteiger partial charge < -0.3 is 0 Å². The van der Waals surface area contributed by atoms with Crippen LogP contribution in [0.3, 0.4) is 0 Å². The smallest absolute Gasteiger partial charge is 0.285 e. The van der Waals surface area contributed by atoms with Crippen LogP contribution in [0, 0.1) is 0 Å². The van der Waals surface area contributed by atoms with Gasteiger partial charge in [-0.05, 0) is 37.1 Å². The molecule has 2 aromatic rings. The van der Waals surface area contributed by atoms with Gasteiger partial charge in [-0.1, -0.05) is 28.8 Å². The standard InChI is InChI=1S/C15H15BrN4O2/c16-10-5-7-11(8-6-10)18-9-13-17-14(21)19(20(13)15(18)22)12-3-1-2-4-12/h5-8,12H,1-4,9H2. The van der Waals surface area contributed by atoms with E-state index in [1.165, 1.54) is 4.68 Å². The van der Waals surface area contributed by atoms with Crippen LogP contribution in [-0.4, -0.2) is 20.4 Å². The number of amides is 1. The number of fused-ring (bicyclic) bond motifs is 1. The van der Waals surface area contributed by atoms with Crippen molar-refractivity contribution in [3.05, 3.63) is 45.0 Å². The quantitative estimate of drug-likeness (QED) is 0.824. The average molecular weight is 363 g/mol. The van der Waals surface area contributed by atoms with Crippen LogP contribution in [-0.2, 0) is 6.54 Å². The fourth-order valence-electron chi connectivity index (χ4n) is 3.34. The first-order valence-corrected chi connectivity index (χ1v) is 8.22. The van der Waals surface area contributed by atoms with Crippen LogP contribution in [0.4, 0.5) is 10.5 Å². The summed E-state index contributed by atoms with van der Waals surface area (Å²) in [5, 5.41) is 0. The minimum atomic E-state index is -0.300. The Bertz CT molecular complexity index is 787. The Morgan fingerprint density at radius 1 is 1.09 bits per heavy atom. The minimum Gasteiger partial charge on any atom is -0.285 e. The van der Waals surface area contributed by atoms with Crippen LogP contribution in [0.5, 0.6) is 0 Å². The van der Waals surface area contributed by atoms with Crippen LogP contribution in [0.2, 0.25) is 0 Å². The zero-order valence-corrected chi connectivity index (χ0v) is 13.5. The Morgan fingerprint density at radius 3 is 2.45 bits per heavy atom. The Labute approximate surface area is 135 Å². The number of halogens is 1. The fraction of sp³-hybridized carbons (Fsp3) is 0.400. The van der Waals surface area contributed by atoms with Crippen LogP contribution >= 0.6 is 15.9 Å². The predicted molar refractivity (Wildman–Crippen MR) is 85.1 cm³/mol. The second kappa shape index (κ2) is 5.08. The summed E-state index contributed by atoms with van der Waals surface area (Å²) in [6, 6.07) is 7.46. The molecule has 1 fully saturated rings. The van der Waals surface area contributed by atoms with E-state index in [9.17, 15) is 9.59 Å². The maximum atomic E-state index is 12.8. The summed E-state index contributed by atoms with van der Waals surface area (Å²) in [7, 11) is 0. The van der Waals surface area contributed by atoms with Gasteiger partial charge in [0.05, 0.1) is 12.6 Å². The summed E-state index contributed by atoms with van der Waals surface area (Å²) in [5.41, 5.74) is 0.509. The summed E-state index contributed by atoms with van der Waals surface area (Å²) < 4.78 is 3.99. The lowest BCUT2D eigenvalue weighted by Crippen LogP contribution is -2.35. The zero-order valence-electron chi connectivity index (χ0n) is 11.9. The van der Waals surface area contributed by atoms with Crippen molar-refractivity contribution in [3.63, 3.8) is 0 Å². The summed E-state index contributed by atoms with van der Waals surface area (Å²) >= 11 is 3.39. The third-order valence-electron chi connectivity index (χ3n) is 4.40. The van der Waals surface area contributed by atoms with E-state index >= 15 is 0 Å². The summed E-state index contributed by atoms with van der Waals surface area (Å²) in [6.07, 6.45) is 4.08. The maximum Gasteiger partial charge on any atom is 0.364 e. The van der Waals surface area contributed by atoms with Crippen molar-refractivity contribution < 1.29 is 4.79 Å². The third kappa shape index (κ3) is 2.03. The van der Waals surface area contributed by atoms with Crippen molar-refractivity contribution in [1.82, 2.24) is 14.3 Å². The first-order chi connectivity index (χ1) is 10.6. The second-order valence-electron chi connectivity index (χ2n) is 5.75. The number of hydrogen-bond donors (Lipinski definition) is 0. The number of rotatable bonds is 2. The lowest BCUT2D eigenvalue weighted by atomic mass is 10.3. The van der Waals surface area contributed by atoms with Gasteiger partial charge >= 0.3 is 11.7 Å². The van der Waals surface area contributed by atoms with Gasteiger partial charge in [-0.25, -0.2) is 14.3 Å². The minimum absolute atomic E-state index is 0.0996. The number of benzene rings is 1. The van der Waals surface area contributed by atoms with Crippen molar-refractivity contribution in [2.75, 3.05) is 4.90 Å². The van der Waals surface area contributed by atoms with E-state index in [1.54, 1.807) is 9.58 Å². The molecular weight excluding hydrogens is 348 g/mol. The highest BCUT2D eigenvalue weighted by molar-refractivity contribution is 9.10. The predicted octanol–water partition coefficient (Wildman–Crippen LogP) is 2.91. The van der Waals surface area contributed by atoms with Crippen LogP contribution in [0.15, 0.2) is 33.5 Å². The summed E-state index contributed by atoms with van der Waals surface area (Å²) in [6.45, 7) is 0.343. The van der Waals surface area contributed by atoms with Gasteiger partial charge in [0.15, 0.2) is 5.82 Å². The van der Waals surface area contributed by atoms with E-state index in [4.69, 9.17) is 0 Å². The molecule has 0 saturated heterocycles. The molecule has 1 aliphatic heterocycles. The van der Waals surface area contributed by atoms with Crippen LogP contribution in [0.25, 0.3) is 0 Å². The molecule has 2 heterocycles. The maximum absolute atomic E-state index is 12.8. The Morgan fingerprint density at radius 2 is 1.77 bits per heavy atom. The van der Waals surface area contributed by atoms with Crippen molar-refractivity contribution in [1.29, 1.82) is 0 Å². The van der Waals surface area contributed by atoms with Gasteiger partial charge in [0.25, 0.3) is 0 Å². The molecule has 0 bridgehead atoms. The highest BCUT2D eigenvalue weighted by Crippen LogP contribution is 2.31. The van der Waals surface area contributed by atoms with Gasteiger partial charge in [0, 0.05) is 10.2 Å². The molecule has 22 heavy (non-hydrogen) atoms. The number of carbonyl (C=O) groups excluding carboxylic acids is 1. The molecule has 0 N–H and O–H groups in total. The molecule has 1 saturated carbocycles. The van der Waals surface area contributed by atoms with Gasteiger partial charge in [-0.15, -0.1) is 0 Å². The van der Waals surface area contributed by atoms with Gasteiger partial charge in [0.2, 0.25) is 0 Å². The van der Waals surface area contributed by atoms with E-state index in [0.717, 1.165) is 35.8 Å². The topological polar surface area (TPSA) is 60.1 Å². The Kier molecular flexibility index (Phi) is 3.18. The molecule has 0 unspecified atom stereocenters. The summed E-state index contributed by atoms with van der Waals surface area (Å²) in [4.78, 5) is 30.6. The molecule has 0 atom stereocenters. The molecule has 6 nitrogen and oxygen atoms in total. The van der Waals surface area contributed by atoms with E-state index in [1.807, 2.05) is 24.3 Å². The number of hydrogen-bond acceptors (Lipinski definition) is 3. The van der Waals surface area contributed by atoms with Gasteiger partial charge in [0.1, 0.15) is 0 Å². The first kappa shape index (κ1) is 13.8. The highest BCUT2D eigenvalue weighted by Gasteiger charge is 2.35. The van der Waals surface area contributed by atoms with E-state index < -0.39 is 0 Å². The lowest BCUT2D eigenvalue weighted by molar-refractivity contribution is 0.240. The number of aromatic nitrogens is 3. The number of anilines is 1. The van der Waals surface area contributed by atoms with E-state index in [2.05, 4.69) is 20.9 Å². The monoisotopic (exact) mass is 362 g/mol. The molecule has 2 aliphatic rings. The zero-order chi connectivity index (χ0) is 15.3. The average Bonchev–Trinajstić information content (AvgIpc) is 3.18. The van der Waals surface area contributed by atoms with E-state index in [0.29, 0.717) is 12.4 Å². The fourth-order valence-corrected chi connectivity index (χ4v) is 3.60. The van der Waals surface area contributed by atoms with Crippen molar-refractivity contribution >= 4 is 27.6 Å². The molecule has 0 radical (unpaired) electrons. The molecule has 114 valence electrons. The van der Waals surface area contributed by atoms with Gasteiger partial charge in [-0.3, -0.25) is 4.90 Å². The molecular formula is C15H15BrN4O2. The Balaban J connectivity index is 1.73. The van der Waals surface area contributed by atoms with Gasteiger partial charge in [-0.2, -0.15) is 9.67 Å².